The molecule has 0 unspecified atom stereocenters. The highest BCUT2D eigenvalue weighted by molar-refractivity contribution is 6.21. The van der Waals surface area contributed by atoms with Crippen LogP contribution in [0.3, 0.4) is 0 Å². The lowest BCUT2D eigenvalue weighted by Crippen LogP contribution is -2.27. The largest absolute Gasteiger partial charge is 0.506 e. The van der Waals surface area contributed by atoms with E-state index in [0.29, 0.717) is 13.1 Å². The zero-order chi connectivity index (χ0) is 15.9. The molecule has 0 fully saturated rings. The molecule has 0 aromatic carbocycles. The Morgan fingerprint density at radius 2 is 2.00 bits per heavy atom. The van der Waals surface area contributed by atoms with Crippen molar-refractivity contribution in [1.82, 2.24) is 9.36 Å². The first kappa shape index (κ1) is 14.2. The number of rotatable bonds is 2. The number of fused-ring (bicyclic) bond motifs is 1. The van der Waals surface area contributed by atoms with Crippen LogP contribution in [0.4, 0.5) is 11.5 Å². The van der Waals surface area contributed by atoms with Crippen molar-refractivity contribution in [1.29, 1.82) is 5.41 Å². The van der Waals surface area contributed by atoms with Crippen molar-refractivity contribution in [2.75, 3.05) is 12.8 Å². The number of methoxy groups -OCH3 is 1. The minimum Gasteiger partial charge on any atom is -0.506 e. The number of hydrogen-bond donors (Lipinski definition) is 3. The SMILES string of the molecule is COC1=CC(=Nc2c(N)n3n(c2=O)CCCC3)C(O)=CC1=N. The Morgan fingerprint density at radius 1 is 1.32 bits per heavy atom. The quantitative estimate of drug-likeness (QED) is 0.709. The Kier molecular flexibility index (Phi) is 3.36. The van der Waals surface area contributed by atoms with Crippen LogP contribution in [0.1, 0.15) is 12.8 Å². The maximum absolute atomic E-state index is 12.4. The van der Waals surface area contributed by atoms with Crippen molar-refractivity contribution in [3.8, 4) is 0 Å². The fourth-order valence-corrected chi connectivity index (χ4v) is 2.62. The number of nitrogens with one attached hydrogen (secondary N) is 1. The van der Waals surface area contributed by atoms with E-state index in [1.54, 1.807) is 9.36 Å². The molecule has 0 amide bonds. The smallest absolute Gasteiger partial charge is 0.294 e. The minimum absolute atomic E-state index is 0.0415. The van der Waals surface area contributed by atoms with Crippen molar-refractivity contribution in [2.24, 2.45) is 4.99 Å². The van der Waals surface area contributed by atoms with Crippen LogP contribution in [0.15, 0.2) is 33.5 Å². The molecule has 0 saturated heterocycles. The summed E-state index contributed by atoms with van der Waals surface area (Å²) >= 11 is 0. The number of aliphatic imine (C=N–C) groups is 1. The van der Waals surface area contributed by atoms with E-state index in [2.05, 4.69) is 4.99 Å². The van der Waals surface area contributed by atoms with Gasteiger partial charge >= 0.3 is 0 Å². The monoisotopic (exact) mass is 303 g/mol. The van der Waals surface area contributed by atoms with Crippen molar-refractivity contribution in [3.05, 3.63) is 34.0 Å². The maximum atomic E-state index is 12.4. The zero-order valence-electron chi connectivity index (χ0n) is 12.2. The molecule has 2 aliphatic rings. The normalized spacial score (nSPS) is 19.7. The predicted octanol–water partition coefficient (Wildman–Crippen LogP) is 1.10. The van der Waals surface area contributed by atoms with Crippen molar-refractivity contribution < 1.29 is 9.84 Å². The molecular formula is C14H17N5O3. The number of ether oxygens (including phenoxy) is 1. The molecule has 0 saturated carbocycles. The predicted molar refractivity (Wildman–Crippen MR) is 83.0 cm³/mol. The van der Waals surface area contributed by atoms with E-state index in [-0.39, 0.29) is 40.0 Å². The molecule has 3 rings (SSSR count). The average molecular weight is 303 g/mol. The molecular weight excluding hydrogens is 286 g/mol. The second-order valence-corrected chi connectivity index (χ2v) is 5.15. The fraction of sp³-hybridized carbons (Fsp3) is 0.357. The molecule has 22 heavy (non-hydrogen) atoms. The molecule has 0 bridgehead atoms. The average Bonchev–Trinajstić information content (AvgIpc) is 2.75. The van der Waals surface area contributed by atoms with E-state index in [9.17, 15) is 9.90 Å². The van der Waals surface area contributed by atoms with Gasteiger partial charge in [-0.3, -0.25) is 14.9 Å². The topological polar surface area (TPSA) is 119 Å². The number of nitrogens with two attached hydrogens (primary N) is 1. The van der Waals surface area contributed by atoms with Crippen LogP contribution in [0.5, 0.6) is 0 Å². The van der Waals surface area contributed by atoms with E-state index in [0.717, 1.165) is 12.8 Å². The fourth-order valence-electron chi connectivity index (χ4n) is 2.62. The van der Waals surface area contributed by atoms with Crippen molar-refractivity contribution in [2.45, 2.75) is 25.9 Å². The molecule has 0 atom stereocenters. The Balaban J connectivity index is 2.11. The van der Waals surface area contributed by atoms with Gasteiger partial charge in [0.2, 0.25) is 0 Å². The minimum atomic E-state index is -0.273. The summed E-state index contributed by atoms with van der Waals surface area (Å²) in [7, 11) is 1.43. The number of aliphatic hydroxyl groups excluding tert-OH is 1. The lowest BCUT2D eigenvalue weighted by molar-refractivity contribution is 0.314. The number of aliphatic hydroxyl groups is 1. The lowest BCUT2D eigenvalue weighted by Gasteiger charge is -2.17. The summed E-state index contributed by atoms with van der Waals surface area (Å²) < 4.78 is 8.34. The van der Waals surface area contributed by atoms with Gasteiger partial charge in [0.25, 0.3) is 5.56 Å². The molecule has 0 radical (unpaired) electrons. The zero-order valence-corrected chi connectivity index (χ0v) is 12.2. The van der Waals surface area contributed by atoms with Gasteiger partial charge in [-0.25, -0.2) is 9.67 Å². The molecule has 1 aromatic rings. The summed E-state index contributed by atoms with van der Waals surface area (Å²) in [6.45, 7) is 1.29. The number of nitrogens with zero attached hydrogens (tertiary/aromatic N) is 3. The van der Waals surface area contributed by atoms with Gasteiger partial charge in [-0.1, -0.05) is 0 Å². The van der Waals surface area contributed by atoms with E-state index >= 15 is 0 Å². The summed E-state index contributed by atoms with van der Waals surface area (Å²) in [4.78, 5) is 16.6. The van der Waals surface area contributed by atoms with Crippen LogP contribution in [0, 0.1) is 5.41 Å². The number of nitrogen functional groups attached to an aromatic ring is 1. The Labute approximate surface area is 126 Å². The van der Waals surface area contributed by atoms with Gasteiger partial charge in [-0.15, -0.1) is 0 Å². The highest BCUT2D eigenvalue weighted by Gasteiger charge is 2.22. The number of anilines is 1. The third-order valence-corrected chi connectivity index (χ3v) is 3.77. The van der Waals surface area contributed by atoms with E-state index < -0.39 is 0 Å². The van der Waals surface area contributed by atoms with Gasteiger partial charge in [0.1, 0.15) is 17.2 Å². The van der Waals surface area contributed by atoms with E-state index in [4.69, 9.17) is 15.9 Å². The lowest BCUT2D eigenvalue weighted by atomic mass is 10.1. The summed E-state index contributed by atoms with van der Waals surface area (Å²) in [6.07, 6.45) is 4.53. The number of aromatic nitrogens is 2. The first-order valence-electron chi connectivity index (χ1n) is 6.96. The number of allylic oxidation sites excluding steroid dienone is 2. The molecule has 0 spiro atoms. The highest BCUT2D eigenvalue weighted by Crippen LogP contribution is 2.24. The maximum Gasteiger partial charge on any atom is 0.294 e. The second kappa shape index (κ2) is 5.21. The molecule has 116 valence electrons. The molecule has 8 heteroatoms. The number of hydrogen-bond acceptors (Lipinski definition) is 6. The molecule has 1 aliphatic heterocycles. The third kappa shape index (κ3) is 2.12. The summed E-state index contributed by atoms with van der Waals surface area (Å²) in [5.41, 5.74) is 6.05. The first-order valence-corrected chi connectivity index (χ1v) is 6.96. The van der Waals surface area contributed by atoms with E-state index in [1.807, 2.05) is 0 Å². The molecule has 1 aromatic heterocycles. The van der Waals surface area contributed by atoms with Crippen LogP contribution in [0.25, 0.3) is 0 Å². The van der Waals surface area contributed by atoms with Gasteiger partial charge in [0, 0.05) is 25.2 Å². The molecule has 8 nitrogen and oxygen atoms in total. The highest BCUT2D eigenvalue weighted by atomic mass is 16.5. The Bertz CT molecular complexity index is 794. The molecule has 2 heterocycles. The van der Waals surface area contributed by atoms with Crippen molar-refractivity contribution >= 4 is 22.9 Å². The van der Waals surface area contributed by atoms with Gasteiger partial charge in [0.05, 0.1) is 12.8 Å². The van der Waals surface area contributed by atoms with Gasteiger partial charge < -0.3 is 15.6 Å². The van der Waals surface area contributed by atoms with Crippen molar-refractivity contribution in [3.63, 3.8) is 0 Å². The van der Waals surface area contributed by atoms with Crippen LogP contribution in [0.2, 0.25) is 0 Å². The van der Waals surface area contributed by atoms with Gasteiger partial charge in [0.15, 0.2) is 11.5 Å². The van der Waals surface area contributed by atoms with Crippen LogP contribution < -0.4 is 11.3 Å². The van der Waals surface area contributed by atoms with Crippen LogP contribution >= 0.6 is 0 Å². The summed E-state index contributed by atoms with van der Waals surface area (Å²) in [5, 5.41) is 17.6. The summed E-state index contributed by atoms with van der Waals surface area (Å²) in [6, 6.07) is 0. The van der Waals surface area contributed by atoms with Gasteiger partial charge in [-0.2, -0.15) is 0 Å². The van der Waals surface area contributed by atoms with Crippen LogP contribution in [-0.2, 0) is 17.8 Å². The summed E-state index contributed by atoms with van der Waals surface area (Å²) in [5.74, 6) is 0.357. The Hall–Kier alpha value is -2.77. The third-order valence-electron chi connectivity index (χ3n) is 3.77. The van der Waals surface area contributed by atoms with E-state index in [1.165, 1.54) is 19.3 Å². The standard InChI is InChI=1S/C14H17N5O3/c1-22-11-7-9(10(20)6-8(11)15)17-12-13(16)18-4-2-3-5-19(18)14(12)21/h6-7,15,20H,2-5,16H2,1H3. The first-order chi connectivity index (χ1) is 10.5. The molecule has 1 aliphatic carbocycles. The Morgan fingerprint density at radius 3 is 2.64 bits per heavy atom. The second-order valence-electron chi connectivity index (χ2n) is 5.15. The van der Waals surface area contributed by atoms with Gasteiger partial charge in [-0.05, 0) is 12.8 Å². The molecule has 4 N–H and O–H groups in total. The van der Waals surface area contributed by atoms with Crippen LogP contribution in [-0.4, -0.2) is 33.0 Å².